The van der Waals surface area contributed by atoms with Crippen molar-refractivity contribution in [1.29, 1.82) is 0 Å². The minimum atomic E-state index is -4.64. The van der Waals surface area contributed by atoms with E-state index in [1.165, 1.54) is 36.0 Å². The normalized spacial score (nSPS) is 19.9. The van der Waals surface area contributed by atoms with E-state index in [4.69, 9.17) is 0 Å². The summed E-state index contributed by atoms with van der Waals surface area (Å²) in [7, 11) is -4.12. The molecule has 2 fully saturated rings. The Morgan fingerprint density at radius 1 is 1.00 bits per heavy atom. The Morgan fingerprint density at radius 3 is 2.26 bits per heavy atom. The van der Waals surface area contributed by atoms with Crippen LogP contribution < -0.4 is 4.90 Å². The molecule has 2 aliphatic rings. The predicted molar refractivity (Wildman–Crippen MR) is 109 cm³/mol. The van der Waals surface area contributed by atoms with E-state index in [1.54, 1.807) is 4.90 Å². The number of halogens is 4. The number of carbonyl (C=O) groups is 1. The maximum absolute atomic E-state index is 13.3. The molecule has 4 rings (SSSR count). The number of hydrogen-bond donors (Lipinski definition) is 0. The van der Waals surface area contributed by atoms with E-state index < -0.39 is 37.3 Å². The topological polar surface area (TPSA) is 57.7 Å². The quantitative estimate of drug-likeness (QED) is 0.629. The standard InChI is InChI=1S/C20H18F4N2O3S2/c21-15-4-6-16(7-5-15)26-18(27)13-30-19(26)8-10-25(11-9-19)31(28,29)17-3-1-2-14(12-17)20(22,23)24/h1-7,12H,8-11,13H2. The Hall–Kier alpha value is -2.11. The molecule has 0 radical (unpaired) electrons. The molecule has 2 aromatic carbocycles. The van der Waals surface area contributed by atoms with Gasteiger partial charge in [0.2, 0.25) is 15.9 Å². The summed E-state index contributed by atoms with van der Waals surface area (Å²) in [6, 6.07) is 9.21. The number of anilines is 1. The van der Waals surface area contributed by atoms with Gasteiger partial charge in [-0.3, -0.25) is 9.69 Å². The zero-order valence-electron chi connectivity index (χ0n) is 16.1. The molecule has 0 N–H and O–H groups in total. The molecule has 0 atom stereocenters. The van der Waals surface area contributed by atoms with Gasteiger partial charge in [0, 0.05) is 18.8 Å². The van der Waals surface area contributed by atoms with Gasteiger partial charge in [-0.25, -0.2) is 12.8 Å². The van der Waals surface area contributed by atoms with Gasteiger partial charge in [-0.1, -0.05) is 6.07 Å². The van der Waals surface area contributed by atoms with Crippen molar-refractivity contribution in [2.75, 3.05) is 23.7 Å². The number of thioether (sulfide) groups is 1. The number of carbonyl (C=O) groups excluding carboxylic acids is 1. The number of benzene rings is 2. The predicted octanol–water partition coefficient (Wildman–Crippen LogP) is 4.11. The number of piperidine rings is 1. The van der Waals surface area contributed by atoms with Crippen LogP contribution in [0, 0.1) is 5.82 Å². The summed E-state index contributed by atoms with van der Waals surface area (Å²) >= 11 is 1.41. The van der Waals surface area contributed by atoms with Gasteiger partial charge in [0.15, 0.2) is 0 Å². The lowest BCUT2D eigenvalue weighted by atomic mass is 10.0. The van der Waals surface area contributed by atoms with E-state index in [9.17, 15) is 30.8 Å². The first-order valence-electron chi connectivity index (χ1n) is 9.43. The highest BCUT2D eigenvalue weighted by Gasteiger charge is 2.50. The summed E-state index contributed by atoms with van der Waals surface area (Å²) < 4.78 is 79.3. The van der Waals surface area contributed by atoms with Crippen LogP contribution in [-0.4, -0.2) is 42.3 Å². The van der Waals surface area contributed by atoms with Crippen LogP contribution in [-0.2, 0) is 21.0 Å². The molecule has 1 spiro atoms. The Morgan fingerprint density at radius 2 is 1.65 bits per heavy atom. The van der Waals surface area contributed by atoms with E-state index in [2.05, 4.69) is 0 Å². The van der Waals surface area contributed by atoms with Crippen LogP contribution in [0.3, 0.4) is 0 Å². The number of rotatable bonds is 3. The second kappa shape index (κ2) is 7.79. The molecule has 0 aliphatic carbocycles. The van der Waals surface area contributed by atoms with Crippen molar-refractivity contribution in [3.05, 3.63) is 59.9 Å². The minimum Gasteiger partial charge on any atom is -0.296 e. The number of alkyl halides is 3. The highest BCUT2D eigenvalue weighted by molar-refractivity contribution is 8.02. The largest absolute Gasteiger partial charge is 0.416 e. The molecule has 0 unspecified atom stereocenters. The first kappa shape index (κ1) is 22.1. The molecule has 2 aliphatic heterocycles. The lowest BCUT2D eigenvalue weighted by molar-refractivity contribution is -0.137. The van der Waals surface area contributed by atoms with Crippen LogP contribution in [0.4, 0.5) is 23.2 Å². The molecular weight excluding hydrogens is 456 g/mol. The monoisotopic (exact) mass is 474 g/mol. The fourth-order valence-electron chi connectivity index (χ4n) is 3.95. The minimum absolute atomic E-state index is 0.0521. The van der Waals surface area contributed by atoms with Crippen molar-refractivity contribution in [2.24, 2.45) is 0 Å². The second-order valence-corrected chi connectivity index (χ2v) is 10.6. The van der Waals surface area contributed by atoms with E-state index in [-0.39, 0.29) is 24.7 Å². The highest BCUT2D eigenvalue weighted by Crippen LogP contribution is 2.47. The molecule has 0 saturated carbocycles. The smallest absolute Gasteiger partial charge is 0.296 e. The Balaban J connectivity index is 1.56. The lowest BCUT2D eigenvalue weighted by Crippen LogP contribution is -2.53. The summed E-state index contributed by atoms with van der Waals surface area (Å²) in [5.41, 5.74) is -0.493. The fraction of sp³-hybridized carbons (Fsp3) is 0.350. The van der Waals surface area contributed by atoms with Gasteiger partial charge in [0.1, 0.15) is 5.82 Å². The maximum atomic E-state index is 13.3. The van der Waals surface area contributed by atoms with Gasteiger partial charge in [-0.2, -0.15) is 17.5 Å². The Kier molecular flexibility index (Phi) is 5.55. The van der Waals surface area contributed by atoms with Crippen LogP contribution in [0.25, 0.3) is 0 Å². The number of sulfonamides is 1. The average molecular weight is 475 g/mol. The van der Waals surface area contributed by atoms with E-state index in [0.29, 0.717) is 24.6 Å². The molecule has 2 heterocycles. The maximum Gasteiger partial charge on any atom is 0.416 e. The lowest BCUT2D eigenvalue weighted by Gasteiger charge is -2.43. The first-order chi connectivity index (χ1) is 14.5. The van der Waals surface area contributed by atoms with Crippen molar-refractivity contribution in [3.8, 4) is 0 Å². The zero-order chi connectivity index (χ0) is 22.4. The van der Waals surface area contributed by atoms with Gasteiger partial charge in [0.25, 0.3) is 0 Å². The van der Waals surface area contributed by atoms with Crippen molar-refractivity contribution >= 4 is 33.4 Å². The molecular formula is C20H18F4N2O3S2. The van der Waals surface area contributed by atoms with Gasteiger partial charge in [0.05, 0.1) is 21.1 Å². The third kappa shape index (κ3) is 4.06. The van der Waals surface area contributed by atoms with Crippen LogP contribution in [0.5, 0.6) is 0 Å². The second-order valence-electron chi connectivity index (χ2n) is 7.37. The molecule has 2 aromatic rings. The third-order valence-electron chi connectivity index (χ3n) is 5.51. The summed E-state index contributed by atoms with van der Waals surface area (Å²) in [5.74, 6) is -0.359. The Labute approximate surface area is 181 Å². The van der Waals surface area contributed by atoms with Gasteiger partial charge in [-0.15, -0.1) is 11.8 Å². The van der Waals surface area contributed by atoms with Crippen molar-refractivity contribution < 1.29 is 30.8 Å². The number of amides is 1. The number of nitrogens with zero attached hydrogens (tertiary/aromatic N) is 2. The molecule has 31 heavy (non-hydrogen) atoms. The van der Waals surface area contributed by atoms with Gasteiger partial charge >= 0.3 is 6.18 Å². The molecule has 166 valence electrons. The fourth-order valence-corrected chi connectivity index (χ4v) is 6.76. The first-order valence-corrected chi connectivity index (χ1v) is 11.9. The van der Waals surface area contributed by atoms with Crippen molar-refractivity contribution in [3.63, 3.8) is 0 Å². The molecule has 0 aromatic heterocycles. The van der Waals surface area contributed by atoms with Crippen LogP contribution in [0.1, 0.15) is 18.4 Å². The van der Waals surface area contributed by atoms with Crippen molar-refractivity contribution in [2.45, 2.75) is 28.8 Å². The van der Waals surface area contributed by atoms with E-state index in [1.807, 2.05) is 0 Å². The molecule has 1 amide bonds. The van der Waals surface area contributed by atoms with Gasteiger partial charge < -0.3 is 0 Å². The average Bonchev–Trinajstić information content (AvgIpc) is 3.04. The molecule has 2 saturated heterocycles. The van der Waals surface area contributed by atoms with E-state index in [0.717, 1.165) is 22.5 Å². The van der Waals surface area contributed by atoms with E-state index >= 15 is 0 Å². The summed E-state index contributed by atoms with van der Waals surface area (Å²) in [4.78, 5) is 13.0. The SMILES string of the molecule is O=C1CSC2(CCN(S(=O)(=O)c3cccc(C(F)(F)F)c3)CC2)N1c1ccc(F)cc1. The molecule has 0 bridgehead atoms. The zero-order valence-corrected chi connectivity index (χ0v) is 17.7. The van der Waals surface area contributed by atoms with Gasteiger partial charge in [-0.05, 0) is 55.3 Å². The highest BCUT2D eigenvalue weighted by atomic mass is 32.2. The Bertz CT molecular complexity index is 1100. The molecule has 11 heteroatoms. The third-order valence-corrected chi connectivity index (χ3v) is 8.92. The molecule has 5 nitrogen and oxygen atoms in total. The van der Waals surface area contributed by atoms with Crippen LogP contribution in [0.2, 0.25) is 0 Å². The van der Waals surface area contributed by atoms with Crippen LogP contribution in [0.15, 0.2) is 53.4 Å². The van der Waals surface area contributed by atoms with Crippen molar-refractivity contribution in [1.82, 2.24) is 4.31 Å². The number of hydrogen-bond acceptors (Lipinski definition) is 4. The summed E-state index contributed by atoms with van der Waals surface area (Å²) in [6.45, 7) is 0.104. The summed E-state index contributed by atoms with van der Waals surface area (Å²) in [6.07, 6.45) is -4.04. The van der Waals surface area contributed by atoms with Crippen LogP contribution >= 0.6 is 11.8 Å². The summed E-state index contributed by atoms with van der Waals surface area (Å²) in [5, 5.41) is 0.